The highest BCUT2D eigenvalue weighted by Crippen LogP contribution is 2.42. The van der Waals surface area contributed by atoms with Crippen molar-refractivity contribution < 1.29 is 5.11 Å². The summed E-state index contributed by atoms with van der Waals surface area (Å²) in [5.41, 5.74) is 0. The first kappa shape index (κ1) is 9.01. The second-order valence-electron chi connectivity index (χ2n) is 4.40. The summed E-state index contributed by atoms with van der Waals surface area (Å²) in [6.07, 6.45) is 7.38. The van der Waals surface area contributed by atoms with Gasteiger partial charge in [-0.2, -0.15) is 0 Å². The van der Waals surface area contributed by atoms with Crippen molar-refractivity contribution in [1.29, 1.82) is 0 Å². The van der Waals surface area contributed by atoms with E-state index in [-0.39, 0.29) is 6.10 Å². The Balaban J connectivity index is 1.94. The smallest absolute Gasteiger partial charge is 0.0543 e. The van der Waals surface area contributed by atoms with E-state index in [1.807, 2.05) is 0 Å². The standard InChI is InChI=1S/C10H17BrO/c11-9-3-1-8-6-10(12)4-2-7(8)5-9/h7-10,12H,1-6H2. The highest BCUT2D eigenvalue weighted by molar-refractivity contribution is 9.09. The molecule has 0 aromatic heterocycles. The number of hydrogen-bond acceptors (Lipinski definition) is 1. The van der Waals surface area contributed by atoms with Crippen molar-refractivity contribution in [3.8, 4) is 0 Å². The van der Waals surface area contributed by atoms with Gasteiger partial charge in [0.2, 0.25) is 0 Å². The summed E-state index contributed by atoms with van der Waals surface area (Å²) >= 11 is 3.70. The van der Waals surface area contributed by atoms with Gasteiger partial charge in [-0.15, -0.1) is 0 Å². The van der Waals surface area contributed by atoms with E-state index in [1.165, 1.54) is 25.7 Å². The maximum absolute atomic E-state index is 9.50. The third-order valence-electron chi connectivity index (χ3n) is 3.52. The van der Waals surface area contributed by atoms with Gasteiger partial charge in [-0.05, 0) is 50.4 Å². The highest BCUT2D eigenvalue weighted by Gasteiger charge is 2.33. The summed E-state index contributed by atoms with van der Waals surface area (Å²) in [5.74, 6) is 1.74. The lowest BCUT2D eigenvalue weighted by Crippen LogP contribution is -2.33. The molecule has 1 nitrogen and oxygen atoms in total. The minimum atomic E-state index is 0.0122. The molecule has 0 aromatic rings. The van der Waals surface area contributed by atoms with Crippen molar-refractivity contribution in [2.75, 3.05) is 0 Å². The van der Waals surface area contributed by atoms with Crippen LogP contribution in [0.5, 0.6) is 0 Å². The monoisotopic (exact) mass is 232 g/mol. The fourth-order valence-corrected chi connectivity index (χ4v) is 3.55. The van der Waals surface area contributed by atoms with Crippen LogP contribution in [0.25, 0.3) is 0 Å². The second kappa shape index (κ2) is 3.67. The van der Waals surface area contributed by atoms with Crippen molar-refractivity contribution in [2.45, 2.75) is 49.5 Å². The molecule has 2 heteroatoms. The van der Waals surface area contributed by atoms with Gasteiger partial charge in [0.1, 0.15) is 0 Å². The Hall–Kier alpha value is 0.440. The van der Waals surface area contributed by atoms with Crippen molar-refractivity contribution in [3.63, 3.8) is 0 Å². The first-order chi connectivity index (χ1) is 5.75. The molecular weight excluding hydrogens is 216 g/mol. The van der Waals surface area contributed by atoms with Crippen molar-refractivity contribution in [3.05, 3.63) is 0 Å². The largest absolute Gasteiger partial charge is 0.393 e. The van der Waals surface area contributed by atoms with Crippen LogP contribution in [0.4, 0.5) is 0 Å². The number of rotatable bonds is 0. The van der Waals surface area contributed by atoms with Gasteiger partial charge in [-0.3, -0.25) is 0 Å². The molecule has 2 aliphatic rings. The van der Waals surface area contributed by atoms with Crippen LogP contribution in [0.3, 0.4) is 0 Å². The predicted octanol–water partition coefficient (Wildman–Crippen LogP) is 2.71. The van der Waals surface area contributed by atoms with E-state index in [9.17, 15) is 5.11 Å². The van der Waals surface area contributed by atoms with Crippen molar-refractivity contribution in [1.82, 2.24) is 0 Å². The van der Waals surface area contributed by atoms with E-state index in [2.05, 4.69) is 15.9 Å². The van der Waals surface area contributed by atoms with E-state index in [4.69, 9.17) is 0 Å². The average Bonchev–Trinajstić information content (AvgIpc) is 2.05. The summed E-state index contributed by atoms with van der Waals surface area (Å²) in [6.45, 7) is 0. The molecule has 12 heavy (non-hydrogen) atoms. The molecule has 0 spiro atoms. The highest BCUT2D eigenvalue weighted by atomic mass is 79.9. The van der Waals surface area contributed by atoms with Crippen LogP contribution in [0.2, 0.25) is 0 Å². The molecule has 2 rings (SSSR count). The van der Waals surface area contributed by atoms with Gasteiger partial charge in [0, 0.05) is 4.83 Å². The molecule has 0 radical (unpaired) electrons. The Morgan fingerprint density at radius 2 is 1.58 bits per heavy atom. The first-order valence-corrected chi connectivity index (χ1v) is 5.99. The van der Waals surface area contributed by atoms with Crippen LogP contribution in [0, 0.1) is 11.8 Å². The molecule has 0 aromatic carbocycles. The zero-order chi connectivity index (χ0) is 8.55. The third kappa shape index (κ3) is 1.85. The van der Waals surface area contributed by atoms with Crippen molar-refractivity contribution in [2.24, 2.45) is 11.8 Å². The summed E-state index contributed by atoms with van der Waals surface area (Å²) in [5, 5.41) is 9.50. The van der Waals surface area contributed by atoms with Crippen LogP contribution in [0.1, 0.15) is 38.5 Å². The lowest BCUT2D eigenvalue weighted by Gasteiger charge is -2.39. The van der Waals surface area contributed by atoms with E-state index in [0.29, 0.717) is 0 Å². The van der Waals surface area contributed by atoms with Gasteiger partial charge in [-0.1, -0.05) is 15.9 Å². The molecule has 2 aliphatic carbocycles. The Morgan fingerprint density at radius 1 is 0.917 bits per heavy atom. The van der Waals surface area contributed by atoms with E-state index in [0.717, 1.165) is 29.5 Å². The molecule has 4 unspecified atom stereocenters. The van der Waals surface area contributed by atoms with Crippen LogP contribution in [0.15, 0.2) is 0 Å². The third-order valence-corrected chi connectivity index (χ3v) is 4.35. The maximum Gasteiger partial charge on any atom is 0.0543 e. The molecule has 70 valence electrons. The minimum Gasteiger partial charge on any atom is -0.393 e. The second-order valence-corrected chi connectivity index (χ2v) is 5.69. The van der Waals surface area contributed by atoms with E-state index >= 15 is 0 Å². The first-order valence-electron chi connectivity index (χ1n) is 5.08. The topological polar surface area (TPSA) is 20.2 Å². The number of aliphatic hydroxyl groups is 1. The maximum atomic E-state index is 9.50. The number of aliphatic hydroxyl groups excluding tert-OH is 1. The fourth-order valence-electron chi connectivity index (χ4n) is 2.81. The molecule has 2 saturated carbocycles. The lowest BCUT2D eigenvalue weighted by atomic mass is 9.70. The number of halogens is 1. The molecule has 2 fully saturated rings. The fraction of sp³-hybridized carbons (Fsp3) is 1.00. The minimum absolute atomic E-state index is 0.0122. The summed E-state index contributed by atoms with van der Waals surface area (Å²) in [6, 6.07) is 0. The molecule has 0 saturated heterocycles. The number of alkyl halides is 1. The summed E-state index contributed by atoms with van der Waals surface area (Å²) < 4.78 is 0. The molecule has 0 aliphatic heterocycles. The zero-order valence-electron chi connectivity index (χ0n) is 7.38. The van der Waals surface area contributed by atoms with Gasteiger partial charge in [0.05, 0.1) is 6.10 Å². The van der Waals surface area contributed by atoms with Gasteiger partial charge in [0.25, 0.3) is 0 Å². The molecule has 1 N–H and O–H groups in total. The molecular formula is C10H17BrO. The van der Waals surface area contributed by atoms with Crippen LogP contribution in [-0.4, -0.2) is 16.0 Å². The Morgan fingerprint density at radius 3 is 2.42 bits per heavy atom. The average molecular weight is 233 g/mol. The van der Waals surface area contributed by atoms with Gasteiger partial charge in [0.15, 0.2) is 0 Å². The molecule has 0 amide bonds. The zero-order valence-corrected chi connectivity index (χ0v) is 8.96. The van der Waals surface area contributed by atoms with Gasteiger partial charge >= 0.3 is 0 Å². The number of hydrogen-bond donors (Lipinski definition) is 1. The Kier molecular flexibility index (Phi) is 2.75. The van der Waals surface area contributed by atoms with Crippen LogP contribution >= 0.6 is 15.9 Å². The summed E-state index contributed by atoms with van der Waals surface area (Å²) in [7, 11) is 0. The Labute approximate surface area is 82.7 Å². The normalized spacial score (nSPS) is 48.5. The quantitative estimate of drug-likeness (QED) is 0.638. The van der Waals surface area contributed by atoms with Crippen LogP contribution < -0.4 is 0 Å². The Bertz CT molecular complexity index is 142. The van der Waals surface area contributed by atoms with Gasteiger partial charge in [-0.25, -0.2) is 0 Å². The lowest BCUT2D eigenvalue weighted by molar-refractivity contribution is 0.0509. The molecule has 0 heterocycles. The predicted molar refractivity (Wildman–Crippen MR) is 53.4 cm³/mol. The molecule has 4 atom stereocenters. The van der Waals surface area contributed by atoms with Crippen molar-refractivity contribution >= 4 is 15.9 Å². The van der Waals surface area contributed by atoms with E-state index in [1.54, 1.807) is 0 Å². The van der Waals surface area contributed by atoms with E-state index < -0.39 is 0 Å². The number of fused-ring (bicyclic) bond motifs is 1. The SMILES string of the molecule is OC1CCC2CC(Br)CCC2C1. The van der Waals surface area contributed by atoms with Gasteiger partial charge < -0.3 is 5.11 Å². The van der Waals surface area contributed by atoms with Crippen LogP contribution in [-0.2, 0) is 0 Å². The molecule has 0 bridgehead atoms. The summed E-state index contributed by atoms with van der Waals surface area (Å²) in [4.78, 5) is 0.758.